The number of nitrogens with one attached hydrogen (secondary N) is 1. The van der Waals surface area contributed by atoms with Crippen LogP contribution in [0.5, 0.6) is 0 Å². The van der Waals surface area contributed by atoms with Crippen LogP contribution in [0.15, 0.2) is 92.0 Å². The Hall–Kier alpha value is -4.17. The normalized spacial score (nSPS) is 11.0. The van der Waals surface area contributed by atoms with Gasteiger partial charge in [-0.05, 0) is 35.9 Å². The van der Waals surface area contributed by atoms with Crippen LogP contribution >= 0.6 is 0 Å². The summed E-state index contributed by atoms with van der Waals surface area (Å²) in [5, 5.41) is 12.4. The minimum atomic E-state index is 0.676. The Labute approximate surface area is 179 Å². The first-order chi connectivity index (χ1) is 15.4. The molecular weight excluding hydrogens is 388 g/mol. The van der Waals surface area contributed by atoms with Crippen molar-refractivity contribution >= 4 is 0 Å². The van der Waals surface area contributed by atoms with Crippen LogP contribution in [0.4, 0.5) is 0 Å². The van der Waals surface area contributed by atoms with E-state index in [1.54, 1.807) is 23.4 Å². The van der Waals surface area contributed by atoms with Crippen LogP contribution < -0.4 is 5.32 Å². The highest BCUT2D eigenvalue weighted by molar-refractivity contribution is 5.62. The van der Waals surface area contributed by atoms with E-state index < -0.39 is 0 Å². The Morgan fingerprint density at radius 2 is 1.71 bits per heavy atom. The van der Waals surface area contributed by atoms with E-state index in [-0.39, 0.29) is 0 Å². The van der Waals surface area contributed by atoms with Crippen molar-refractivity contribution in [1.82, 2.24) is 39.8 Å². The van der Waals surface area contributed by atoms with Crippen LogP contribution in [-0.2, 0) is 13.1 Å². The fraction of sp³-hybridized carbons (Fsp3) is 0.0870. The summed E-state index contributed by atoms with van der Waals surface area (Å²) in [6.45, 7) is 1.37. The summed E-state index contributed by atoms with van der Waals surface area (Å²) >= 11 is 0. The van der Waals surface area contributed by atoms with Gasteiger partial charge in [0, 0.05) is 49.0 Å². The molecule has 0 bridgehead atoms. The number of benzene rings is 1. The highest BCUT2D eigenvalue weighted by Gasteiger charge is 2.12. The Bertz CT molecular complexity index is 1230. The van der Waals surface area contributed by atoms with Crippen LogP contribution in [0, 0.1) is 0 Å². The molecule has 4 aromatic heterocycles. The maximum atomic E-state index is 4.84. The molecule has 1 aromatic carbocycles. The van der Waals surface area contributed by atoms with Crippen LogP contribution in [0.1, 0.15) is 11.1 Å². The van der Waals surface area contributed by atoms with Gasteiger partial charge in [0.15, 0.2) is 5.82 Å². The first-order valence-corrected chi connectivity index (χ1v) is 9.92. The Morgan fingerprint density at radius 1 is 0.839 bits per heavy atom. The van der Waals surface area contributed by atoms with E-state index in [2.05, 4.69) is 31.6 Å². The molecule has 5 aromatic rings. The maximum Gasteiger partial charge on any atom is 0.155 e. The summed E-state index contributed by atoms with van der Waals surface area (Å²) in [6.07, 6.45) is 10.6. The zero-order valence-electron chi connectivity index (χ0n) is 16.7. The van der Waals surface area contributed by atoms with E-state index in [4.69, 9.17) is 5.10 Å². The van der Waals surface area contributed by atoms with Gasteiger partial charge in [-0.25, -0.2) is 19.3 Å². The molecule has 0 amide bonds. The van der Waals surface area contributed by atoms with Crippen molar-refractivity contribution in [2.45, 2.75) is 13.1 Å². The SMILES string of the molecule is c1ccc(-n2cc(CNCc3ccc(-n4cncn4)nc3)c(-c3ccncc3)n2)cc1. The lowest BCUT2D eigenvalue weighted by molar-refractivity contribution is 0.690. The fourth-order valence-corrected chi connectivity index (χ4v) is 3.33. The van der Waals surface area contributed by atoms with E-state index in [9.17, 15) is 0 Å². The number of rotatable bonds is 7. The number of hydrogen-bond acceptors (Lipinski definition) is 6. The van der Waals surface area contributed by atoms with Gasteiger partial charge in [0.2, 0.25) is 0 Å². The van der Waals surface area contributed by atoms with Gasteiger partial charge in [-0.3, -0.25) is 4.98 Å². The molecule has 0 aliphatic heterocycles. The number of para-hydroxylation sites is 1. The van der Waals surface area contributed by atoms with Crippen LogP contribution in [0.25, 0.3) is 22.8 Å². The van der Waals surface area contributed by atoms with E-state index in [1.807, 2.05) is 65.5 Å². The third-order valence-corrected chi connectivity index (χ3v) is 4.87. The largest absolute Gasteiger partial charge is 0.308 e. The lowest BCUT2D eigenvalue weighted by atomic mass is 10.1. The number of aromatic nitrogens is 7. The molecule has 4 heterocycles. The monoisotopic (exact) mass is 408 g/mol. The molecule has 5 rings (SSSR count). The van der Waals surface area contributed by atoms with Gasteiger partial charge in [-0.1, -0.05) is 24.3 Å². The van der Waals surface area contributed by atoms with E-state index in [1.165, 1.54) is 6.33 Å². The van der Waals surface area contributed by atoms with Gasteiger partial charge in [-0.2, -0.15) is 10.2 Å². The van der Waals surface area contributed by atoms with E-state index >= 15 is 0 Å². The van der Waals surface area contributed by atoms with Crippen LogP contribution in [0.2, 0.25) is 0 Å². The molecule has 0 saturated carbocycles. The molecule has 0 radical (unpaired) electrons. The smallest absolute Gasteiger partial charge is 0.155 e. The summed E-state index contributed by atoms with van der Waals surface area (Å²) in [4.78, 5) is 12.5. The van der Waals surface area contributed by atoms with Crippen molar-refractivity contribution in [3.63, 3.8) is 0 Å². The lowest BCUT2D eigenvalue weighted by Gasteiger charge is -2.06. The number of nitrogens with zero attached hydrogens (tertiary/aromatic N) is 7. The second-order valence-electron chi connectivity index (χ2n) is 6.99. The summed E-state index contributed by atoms with van der Waals surface area (Å²) in [7, 11) is 0. The fourth-order valence-electron chi connectivity index (χ4n) is 3.33. The molecule has 0 fully saturated rings. The van der Waals surface area contributed by atoms with Crippen molar-refractivity contribution in [1.29, 1.82) is 0 Å². The molecule has 8 heteroatoms. The summed E-state index contributed by atoms with van der Waals surface area (Å²) < 4.78 is 3.55. The molecule has 31 heavy (non-hydrogen) atoms. The molecule has 0 aliphatic rings. The predicted molar refractivity (Wildman–Crippen MR) is 116 cm³/mol. The minimum absolute atomic E-state index is 0.676. The van der Waals surface area contributed by atoms with Gasteiger partial charge in [0.1, 0.15) is 12.7 Å². The van der Waals surface area contributed by atoms with Gasteiger partial charge in [-0.15, -0.1) is 0 Å². The molecule has 0 unspecified atom stereocenters. The van der Waals surface area contributed by atoms with E-state index in [0.29, 0.717) is 13.1 Å². The second kappa shape index (κ2) is 8.68. The molecule has 152 valence electrons. The summed E-state index contributed by atoms with van der Waals surface area (Å²) in [6, 6.07) is 18.0. The van der Waals surface area contributed by atoms with Crippen molar-refractivity contribution in [3.05, 3.63) is 103 Å². The van der Waals surface area contributed by atoms with Gasteiger partial charge < -0.3 is 5.32 Å². The molecule has 0 saturated heterocycles. The van der Waals surface area contributed by atoms with Gasteiger partial charge >= 0.3 is 0 Å². The molecule has 1 N–H and O–H groups in total. The summed E-state index contributed by atoms with van der Waals surface area (Å²) in [5.74, 6) is 0.741. The number of pyridine rings is 2. The molecular formula is C23H20N8. The third kappa shape index (κ3) is 4.24. The number of hydrogen-bond donors (Lipinski definition) is 1. The van der Waals surface area contributed by atoms with Crippen molar-refractivity contribution in [2.75, 3.05) is 0 Å². The minimum Gasteiger partial charge on any atom is -0.308 e. The zero-order valence-corrected chi connectivity index (χ0v) is 16.7. The molecule has 8 nitrogen and oxygen atoms in total. The van der Waals surface area contributed by atoms with Gasteiger partial charge in [0.25, 0.3) is 0 Å². The Balaban J connectivity index is 1.33. The van der Waals surface area contributed by atoms with Crippen molar-refractivity contribution < 1.29 is 0 Å². The highest BCUT2D eigenvalue weighted by Crippen LogP contribution is 2.23. The summed E-state index contributed by atoms with van der Waals surface area (Å²) in [5.41, 5.74) is 5.21. The van der Waals surface area contributed by atoms with E-state index in [0.717, 1.165) is 33.9 Å². The first-order valence-electron chi connectivity index (χ1n) is 9.92. The zero-order chi connectivity index (χ0) is 20.9. The standard InChI is InChI=1S/C23H20N8/c1-2-4-21(5-3-1)30-15-20(23(29-30)19-8-10-24-11-9-19)14-25-12-18-6-7-22(27-13-18)31-17-26-16-28-31/h1-11,13,15-17,25H,12,14H2. The first kappa shape index (κ1) is 18.8. The topological polar surface area (TPSA) is 86.3 Å². The van der Waals surface area contributed by atoms with Crippen molar-refractivity contribution in [3.8, 4) is 22.8 Å². The Kier molecular flexibility index (Phi) is 5.27. The quantitative estimate of drug-likeness (QED) is 0.445. The average molecular weight is 408 g/mol. The second-order valence-corrected chi connectivity index (χ2v) is 6.99. The van der Waals surface area contributed by atoms with Crippen LogP contribution in [0.3, 0.4) is 0 Å². The van der Waals surface area contributed by atoms with Crippen LogP contribution in [-0.4, -0.2) is 34.5 Å². The predicted octanol–water partition coefficient (Wildman–Crippen LogP) is 3.20. The maximum absolute atomic E-state index is 4.84. The highest BCUT2D eigenvalue weighted by atomic mass is 15.3. The Morgan fingerprint density at radius 3 is 2.45 bits per heavy atom. The third-order valence-electron chi connectivity index (χ3n) is 4.87. The van der Waals surface area contributed by atoms with Crippen molar-refractivity contribution in [2.24, 2.45) is 0 Å². The lowest BCUT2D eigenvalue weighted by Crippen LogP contribution is -2.13. The average Bonchev–Trinajstić information content (AvgIpc) is 3.52. The molecule has 0 spiro atoms. The molecule has 0 aliphatic carbocycles. The molecule has 0 atom stereocenters. The van der Waals surface area contributed by atoms with Gasteiger partial charge in [0.05, 0.1) is 11.4 Å².